The van der Waals surface area contributed by atoms with Crippen molar-refractivity contribution < 1.29 is 4.92 Å². The standard InChI is InChI=1S/C5H6ClN3O2/c1-8-3-4(2-6)7-5(8)9(10)11/h3H,2H2,1H3. The molecule has 1 heterocycles. The van der Waals surface area contributed by atoms with Crippen LogP contribution in [0.4, 0.5) is 5.95 Å². The first kappa shape index (κ1) is 8.00. The van der Waals surface area contributed by atoms with Crippen molar-refractivity contribution in [3.8, 4) is 0 Å². The second-order valence-corrected chi connectivity index (χ2v) is 2.30. The summed E-state index contributed by atoms with van der Waals surface area (Å²) in [6.45, 7) is 0. The highest BCUT2D eigenvalue weighted by Gasteiger charge is 2.14. The molecule has 0 amide bonds. The summed E-state index contributed by atoms with van der Waals surface area (Å²) in [6, 6.07) is 0. The van der Waals surface area contributed by atoms with Crippen LogP contribution < -0.4 is 0 Å². The summed E-state index contributed by atoms with van der Waals surface area (Å²) in [5, 5.41) is 10.2. The van der Waals surface area contributed by atoms with E-state index in [4.69, 9.17) is 11.6 Å². The molecule has 0 fully saturated rings. The summed E-state index contributed by atoms with van der Waals surface area (Å²) in [4.78, 5) is 13.3. The van der Waals surface area contributed by atoms with Crippen LogP contribution >= 0.6 is 11.6 Å². The molecule has 0 saturated heterocycles. The number of halogens is 1. The topological polar surface area (TPSA) is 61.0 Å². The van der Waals surface area contributed by atoms with Gasteiger partial charge in [-0.2, -0.15) is 0 Å². The van der Waals surface area contributed by atoms with Gasteiger partial charge in [0.25, 0.3) is 0 Å². The maximum Gasteiger partial charge on any atom is 0.434 e. The van der Waals surface area contributed by atoms with E-state index in [1.165, 1.54) is 10.8 Å². The van der Waals surface area contributed by atoms with Crippen molar-refractivity contribution in [2.24, 2.45) is 7.05 Å². The lowest BCUT2D eigenvalue weighted by atomic mass is 10.6. The lowest BCUT2D eigenvalue weighted by Crippen LogP contribution is -1.96. The van der Waals surface area contributed by atoms with Crippen molar-refractivity contribution >= 4 is 17.5 Å². The second-order valence-electron chi connectivity index (χ2n) is 2.03. The predicted octanol–water partition coefficient (Wildman–Crippen LogP) is 1.07. The van der Waals surface area contributed by atoms with Crippen molar-refractivity contribution in [1.29, 1.82) is 0 Å². The van der Waals surface area contributed by atoms with E-state index in [-0.39, 0.29) is 11.8 Å². The summed E-state index contributed by atoms with van der Waals surface area (Å²) < 4.78 is 1.33. The zero-order chi connectivity index (χ0) is 8.43. The van der Waals surface area contributed by atoms with Gasteiger partial charge in [0.1, 0.15) is 6.20 Å². The largest absolute Gasteiger partial charge is 0.434 e. The lowest BCUT2D eigenvalue weighted by molar-refractivity contribution is -0.396. The SMILES string of the molecule is Cn1cc(CCl)nc1[N+](=O)[O-]. The first-order valence-electron chi connectivity index (χ1n) is 2.87. The molecule has 0 aliphatic carbocycles. The van der Waals surface area contributed by atoms with E-state index in [1.807, 2.05) is 0 Å². The Morgan fingerprint density at radius 2 is 2.55 bits per heavy atom. The minimum Gasteiger partial charge on any atom is -0.390 e. The highest BCUT2D eigenvalue weighted by Crippen LogP contribution is 2.10. The Morgan fingerprint density at radius 1 is 1.91 bits per heavy atom. The Labute approximate surface area is 67.8 Å². The molecule has 0 aliphatic rings. The normalized spacial score (nSPS) is 10.0. The molecule has 1 aromatic rings. The smallest absolute Gasteiger partial charge is 0.390 e. The van der Waals surface area contributed by atoms with Crippen LogP contribution in [-0.4, -0.2) is 14.5 Å². The first-order valence-corrected chi connectivity index (χ1v) is 3.41. The van der Waals surface area contributed by atoms with Crippen molar-refractivity contribution in [3.63, 3.8) is 0 Å². The van der Waals surface area contributed by atoms with Gasteiger partial charge >= 0.3 is 5.95 Å². The van der Waals surface area contributed by atoms with E-state index < -0.39 is 4.92 Å². The van der Waals surface area contributed by atoms with Crippen molar-refractivity contribution in [1.82, 2.24) is 9.55 Å². The van der Waals surface area contributed by atoms with E-state index in [0.29, 0.717) is 5.69 Å². The second kappa shape index (κ2) is 2.87. The molecule has 0 unspecified atom stereocenters. The third-order valence-electron chi connectivity index (χ3n) is 1.20. The Bertz CT molecular complexity index is 283. The molecule has 11 heavy (non-hydrogen) atoms. The van der Waals surface area contributed by atoms with Crippen LogP contribution in [0.25, 0.3) is 0 Å². The fourth-order valence-electron chi connectivity index (χ4n) is 0.751. The maximum absolute atomic E-state index is 10.2. The van der Waals surface area contributed by atoms with Crippen LogP contribution in [0.1, 0.15) is 5.69 Å². The minimum absolute atomic E-state index is 0.180. The van der Waals surface area contributed by atoms with Crippen LogP contribution in [0, 0.1) is 10.1 Å². The van der Waals surface area contributed by atoms with Crippen LogP contribution in [-0.2, 0) is 12.9 Å². The van der Waals surface area contributed by atoms with E-state index in [1.54, 1.807) is 7.05 Å². The van der Waals surface area contributed by atoms with Crippen molar-refractivity contribution in [2.45, 2.75) is 5.88 Å². The van der Waals surface area contributed by atoms with Crippen LogP contribution in [0.2, 0.25) is 0 Å². The average Bonchev–Trinajstić information content (AvgIpc) is 2.30. The van der Waals surface area contributed by atoms with Crippen LogP contribution in [0.15, 0.2) is 6.20 Å². The molecule has 6 heteroatoms. The predicted molar refractivity (Wildman–Crippen MR) is 39.4 cm³/mol. The van der Waals surface area contributed by atoms with Crippen LogP contribution in [0.3, 0.4) is 0 Å². The third-order valence-corrected chi connectivity index (χ3v) is 1.48. The van der Waals surface area contributed by atoms with Gasteiger partial charge in [-0.3, -0.25) is 0 Å². The minimum atomic E-state index is -0.546. The number of nitrogens with zero attached hydrogens (tertiary/aromatic N) is 3. The van der Waals surface area contributed by atoms with Gasteiger partial charge in [-0.25, -0.2) is 4.57 Å². The molecule has 0 bridgehead atoms. The van der Waals surface area contributed by atoms with E-state index in [2.05, 4.69) is 4.98 Å². The average molecular weight is 176 g/mol. The number of alkyl halides is 1. The molecular weight excluding hydrogens is 170 g/mol. The highest BCUT2D eigenvalue weighted by atomic mass is 35.5. The van der Waals surface area contributed by atoms with Crippen molar-refractivity contribution in [2.75, 3.05) is 0 Å². The Balaban J connectivity index is 3.07. The van der Waals surface area contributed by atoms with Gasteiger partial charge in [0.15, 0.2) is 5.69 Å². The summed E-state index contributed by atoms with van der Waals surface area (Å²) in [5.74, 6) is 0.0162. The fourth-order valence-corrected chi connectivity index (χ4v) is 0.880. The molecular formula is C5H6ClN3O2. The fraction of sp³-hybridized carbons (Fsp3) is 0.400. The summed E-state index contributed by atoms with van der Waals surface area (Å²) in [7, 11) is 1.56. The molecule has 0 aliphatic heterocycles. The molecule has 0 atom stereocenters. The lowest BCUT2D eigenvalue weighted by Gasteiger charge is -1.90. The maximum atomic E-state index is 10.2. The summed E-state index contributed by atoms with van der Waals surface area (Å²) in [6.07, 6.45) is 1.53. The Kier molecular flexibility index (Phi) is 2.09. The Morgan fingerprint density at radius 3 is 2.82 bits per heavy atom. The molecule has 0 radical (unpaired) electrons. The number of aromatic nitrogens is 2. The van der Waals surface area contributed by atoms with Gasteiger partial charge in [-0.1, -0.05) is 4.98 Å². The highest BCUT2D eigenvalue weighted by molar-refractivity contribution is 6.16. The first-order chi connectivity index (χ1) is 5.15. The monoisotopic (exact) mass is 175 g/mol. The van der Waals surface area contributed by atoms with Crippen LogP contribution in [0.5, 0.6) is 0 Å². The van der Waals surface area contributed by atoms with Gasteiger partial charge in [0.05, 0.1) is 12.9 Å². The molecule has 5 nitrogen and oxygen atoms in total. The number of imidazole rings is 1. The zero-order valence-electron chi connectivity index (χ0n) is 5.82. The zero-order valence-corrected chi connectivity index (χ0v) is 6.58. The van der Waals surface area contributed by atoms with Gasteiger partial charge in [0, 0.05) is 0 Å². The number of hydrogen-bond acceptors (Lipinski definition) is 3. The molecule has 60 valence electrons. The molecule has 1 aromatic heterocycles. The van der Waals surface area contributed by atoms with Gasteiger partial charge in [-0.05, 0) is 4.92 Å². The molecule has 1 rings (SSSR count). The van der Waals surface area contributed by atoms with Gasteiger partial charge < -0.3 is 10.1 Å². The quantitative estimate of drug-likeness (QED) is 0.384. The van der Waals surface area contributed by atoms with Gasteiger partial charge in [-0.15, -0.1) is 11.6 Å². The molecule has 0 N–H and O–H groups in total. The Hall–Kier alpha value is -1.10. The van der Waals surface area contributed by atoms with Crippen molar-refractivity contribution in [3.05, 3.63) is 22.0 Å². The number of rotatable bonds is 2. The van der Waals surface area contributed by atoms with Gasteiger partial charge in [0.2, 0.25) is 0 Å². The summed E-state index contributed by atoms with van der Waals surface area (Å²) in [5.41, 5.74) is 0.515. The molecule has 0 aromatic carbocycles. The summed E-state index contributed by atoms with van der Waals surface area (Å²) >= 11 is 5.42. The van der Waals surface area contributed by atoms with E-state index in [0.717, 1.165) is 0 Å². The number of hydrogen-bond donors (Lipinski definition) is 0. The van der Waals surface area contributed by atoms with E-state index in [9.17, 15) is 10.1 Å². The number of nitro groups is 1. The third kappa shape index (κ3) is 1.48. The molecule has 0 saturated carbocycles. The van der Waals surface area contributed by atoms with E-state index >= 15 is 0 Å². The molecule has 0 spiro atoms. The number of aryl methyl sites for hydroxylation is 1.